The molecule has 1 N–H and O–H groups in total. The van der Waals surface area contributed by atoms with E-state index in [0.717, 1.165) is 47.7 Å². The lowest BCUT2D eigenvalue weighted by molar-refractivity contribution is 0.394. The van der Waals surface area contributed by atoms with Gasteiger partial charge in [-0.25, -0.2) is 9.97 Å². The van der Waals surface area contributed by atoms with Crippen LogP contribution in [0, 0.1) is 6.92 Å². The minimum Gasteiger partial charge on any atom is -0.497 e. The summed E-state index contributed by atoms with van der Waals surface area (Å²) < 4.78 is 10.9. The molecule has 0 unspecified atom stereocenters. The van der Waals surface area contributed by atoms with Crippen LogP contribution in [0.3, 0.4) is 0 Å². The first-order valence-corrected chi connectivity index (χ1v) is 9.44. The van der Waals surface area contributed by atoms with Gasteiger partial charge in [-0.05, 0) is 57.6 Å². The molecule has 6 nitrogen and oxygen atoms in total. The fraction of sp³-hybridized carbons (Fsp3) is 0.524. The monoisotopic (exact) mass is 372 g/mol. The molecule has 0 aliphatic heterocycles. The Morgan fingerprint density at radius 1 is 1.07 bits per heavy atom. The van der Waals surface area contributed by atoms with Crippen LogP contribution < -0.4 is 14.8 Å². The third kappa shape index (κ3) is 5.10. The molecule has 0 aliphatic rings. The van der Waals surface area contributed by atoms with Gasteiger partial charge in [-0.2, -0.15) is 0 Å². The smallest absolute Gasteiger partial charge is 0.257 e. The minimum atomic E-state index is 0.351. The Labute approximate surface area is 162 Å². The molecular weight excluding hydrogens is 340 g/mol. The van der Waals surface area contributed by atoms with Gasteiger partial charge in [-0.1, -0.05) is 13.8 Å². The van der Waals surface area contributed by atoms with E-state index in [-0.39, 0.29) is 0 Å². The van der Waals surface area contributed by atoms with E-state index >= 15 is 0 Å². The SMILES string of the molecule is CCC(CC)Nc1nc(C)c(-c2ccc(OC)cc2CN(C)C)nc1OC. The van der Waals surface area contributed by atoms with Gasteiger partial charge in [0.2, 0.25) is 0 Å². The number of aromatic nitrogens is 2. The van der Waals surface area contributed by atoms with Gasteiger partial charge in [0, 0.05) is 18.2 Å². The van der Waals surface area contributed by atoms with E-state index in [1.807, 2.05) is 33.2 Å². The molecule has 0 saturated heterocycles. The molecule has 1 aromatic carbocycles. The number of hydrogen-bond donors (Lipinski definition) is 1. The molecule has 1 heterocycles. The maximum absolute atomic E-state index is 5.55. The van der Waals surface area contributed by atoms with Crippen molar-refractivity contribution in [3.63, 3.8) is 0 Å². The van der Waals surface area contributed by atoms with E-state index < -0.39 is 0 Å². The lowest BCUT2D eigenvalue weighted by atomic mass is 10.0. The van der Waals surface area contributed by atoms with Crippen LogP contribution >= 0.6 is 0 Å². The first-order valence-electron chi connectivity index (χ1n) is 9.44. The molecule has 0 aliphatic carbocycles. The molecule has 148 valence electrons. The zero-order valence-corrected chi connectivity index (χ0v) is 17.6. The van der Waals surface area contributed by atoms with Gasteiger partial charge in [0.15, 0.2) is 5.82 Å². The maximum Gasteiger partial charge on any atom is 0.257 e. The molecule has 0 bridgehead atoms. The third-order valence-electron chi connectivity index (χ3n) is 4.61. The summed E-state index contributed by atoms with van der Waals surface area (Å²) in [6, 6.07) is 6.41. The molecular formula is C21H32N4O2. The molecule has 6 heteroatoms. The predicted molar refractivity (Wildman–Crippen MR) is 111 cm³/mol. The fourth-order valence-corrected chi connectivity index (χ4v) is 3.08. The highest BCUT2D eigenvalue weighted by Gasteiger charge is 2.18. The third-order valence-corrected chi connectivity index (χ3v) is 4.61. The molecule has 2 aromatic rings. The van der Waals surface area contributed by atoms with E-state index in [2.05, 4.69) is 30.1 Å². The van der Waals surface area contributed by atoms with Gasteiger partial charge in [0.25, 0.3) is 5.88 Å². The Balaban J connectivity index is 2.52. The van der Waals surface area contributed by atoms with Crippen LogP contribution in [0.5, 0.6) is 11.6 Å². The van der Waals surface area contributed by atoms with Crippen LogP contribution in [0.1, 0.15) is 37.9 Å². The predicted octanol–water partition coefficient (Wildman–Crippen LogP) is 4.13. The number of aryl methyl sites for hydroxylation is 1. The van der Waals surface area contributed by atoms with Crippen molar-refractivity contribution in [1.29, 1.82) is 0 Å². The minimum absolute atomic E-state index is 0.351. The average Bonchev–Trinajstić information content (AvgIpc) is 2.66. The molecule has 1 aromatic heterocycles. The fourth-order valence-electron chi connectivity index (χ4n) is 3.08. The number of nitrogens with one attached hydrogen (secondary N) is 1. The first kappa shape index (κ1) is 21.0. The van der Waals surface area contributed by atoms with Crippen molar-refractivity contribution >= 4 is 5.82 Å². The normalized spacial score (nSPS) is 11.1. The van der Waals surface area contributed by atoms with E-state index in [1.165, 1.54) is 0 Å². The zero-order chi connectivity index (χ0) is 20.0. The number of benzene rings is 1. The topological polar surface area (TPSA) is 59.5 Å². The van der Waals surface area contributed by atoms with Crippen molar-refractivity contribution < 1.29 is 9.47 Å². The zero-order valence-electron chi connectivity index (χ0n) is 17.6. The van der Waals surface area contributed by atoms with Gasteiger partial charge in [-0.3, -0.25) is 0 Å². The van der Waals surface area contributed by atoms with E-state index in [4.69, 9.17) is 19.4 Å². The van der Waals surface area contributed by atoms with Crippen molar-refractivity contribution in [2.45, 2.75) is 46.2 Å². The summed E-state index contributed by atoms with van der Waals surface area (Å²) in [6.07, 6.45) is 2.04. The van der Waals surface area contributed by atoms with Crippen molar-refractivity contribution in [1.82, 2.24) is 14.9 Å². The second-order valence-electron chi connectivity index (χ2n) is 6.93. The van der Waals surface area contributed by atoms with Crippen LogP contribution in [0.25, 0.3) is 11.3 Å². The lowest BCUT2D eigenvalue weighted by Gasteiger charge is -2.20. The molecule has 27 heavy (non-hydrogen) atoms. The molecule has 2 rings (SSSR count). The Morgan fingerprint density at radius 2 is 1.78 bits per heavy atom. The summed E-state index contributed by atoms with van der Waals surface area (Å²) in [5.74, 6) is 2.06. The summed E-state index contributed by atoms with van der Waals surface area (Å²) >= 11 is 0. The second-order valence-corrected chi connectivity index (χ2v) is 6.93. The number of anilines is 1. The van der Waals surface area contributed by atoms with E-state index in [0.29, 0.717) is 17.7 Å². The lowest BCUT2D eigenvalue weighted by Crippen LogP contribution is -2.19. The van der Waals surface area contributed by atoms with Crippen LogP contribution in [0.4, 0.5) is 5.82 Å². The van der Waals surface area contributed by atoms with Gasteiger partial charge in [0.1, 0.15) is 5.75 Å². The largest absolute Gasteiger partial charge is 0.497 e. The molecule has 0 fully saturated rings. The van der Waals surface area contributed by atoms with Crippen molar-refractivity contribution in [3.05, 3.63) is 29.5 Å². The first-order chi connectivity index (χ1) is 12.9. The summed E-state index contributed by atoms with van der Waals surface area (Å²) in [6.45, 7) is 7.09. The molecule has 0 atom stereocenters. The Hall–Kier alpha value is -2.34. The highest BCUT2D eigenvalue weighted by molar-refractivity contribution is 5.69. The van der Waals surface area contributed by atoms with Crippen LogP contribution in [0.15, 0.2) is 18.2 Å². The van der Waals surface area contributed by atoms with E-state index in [1.54, 1.807) is 14.2 Å². The van der Waals surface area contributed by atoms with Crippen LogP contribution in [0.2, 0.25) is 0 Å². The van der Waals surface area contributed by atoms with Crippen LogP contribution in [-0.2, 0) is 6.54 Å². The van der Waals surface area contributed by atoms with E-state index in [9.17, 15) is 0 Å². The Kier molecular flexibility index (Phi) is 7.42. The quantitative estimate of drug-likeness (QED) is 0.714. The van der Waals surface area contributed by atoms with Gasteiger partial charge in [0.05, 0.1) is 25.6 Å². The Bertz CT molecular complexity index is 758. The number of ether oxygens (including phenoxy) is 2. The van der Waals surface area contributed by atoms with Crippen molar-refractivity contribution in [2.75, 3.05) is 33.6 Å². The highest BCUT2D eigenvalue weighted by Crippen LogP contribution is 2.32. The summed E-state index contributed by atoms with van der Waals surface area (Å²) in [5.41, 5.74) is 3.89. The number of methoxy groups -OCH3 is 2. The number of nitrogens with zero attached hydrogens (tertiary/aromatic N) is 3. The summed E-state index contributed by atoms with van der Waals surface area (Å²) in [5, 5.41) is 3.46. The van der Waals surface area contributed by atoms with Gasteiger partial charge >= 0.3 is 0 Å². The highest BCUT2D eigenvalue weighted by atomic mass is 16.5. The number of hydrogen-bond acceptors (Lipinski definition) is 6. The number of rotatable bonds is 9. The van der Waals surface area contributed by atoms with Crippen molar-refractivity contribution in [3.8, 4) is 22.9 Å². The molecule has 0 spiro atoms. The summed E-state index contributed by atoms with van der Waals surface area (Å²) in [4.78, 5) is 11.7. The molecule has 0 saturated carbocycles. The molecule has 0 radical (unpaired) electrons. The standard InChI is InChI=1S/C21H32N4O2/c1-8-16(9-2)23-20-21(27-7)24-19(14(3)22-20)18-11-10-17(26-6)12-15(18)13-25(4)5/h10-12,16H,8-9,13H2,1-7H3,(H,22,23). The second kappa shape index (κ2) is 9.55. The molecule has 0 amide bonds. The maximum atomic E-state index is 5.55. The van der Waals surface area contributed by atoms with Gasteiger partial charge < -0.3 is 19.7 Å². The average molecular weight is 373 g/mol. The van der Waals surface area contributed by atoms with Crippen molar-refractivity contribution in [2.24, 2.45) is 0 Å². The van der Waals surface area contributed by atoms with Crippen LogP contribution in [-0.4, -0.2) is 49.2 Å². The summed E-state index contributed by atoms with van der Waals surface area (Å²) in [7, 11) is 7.41. The van der Waals surface area contributed by atoms with Gasteiger partial charge in [-0.15, -0.1) is 0 Å². The Morgan fingerprint density at radius 3 is 2.33 bits per heavy atom.